The lowest BCUT2D eigenvalue weighted by atomic mass is 10.1. The van der Waals surface area contributed by atoms with Gasteiger partial charge < -0.3 is 0 Å². The van der Waals surface area contributed by atoms with E-state index in [0.717, 1.165) is 5.56 Å². The molecule has 1 aliphatic heterocycles. The maximum absolute atomic E-state index is 13.2. The van der Waals surface area contributed by atoms with E-state index in [1.165, 1.54) is 4.31 Å². The standard InChI is InChI=1S/C16H16N2O2S/c1-3-21(20)17-14-10-6-5-9-13(14)16(19)18(21)15-11-7-4-8-12(15)2/h4-11H,3H2,1-2H3. The quantitative estimate of drug-likeness (QED) is 0.849. The van der Waals surface area contributed by atoms with Gasteiger partial charge in [-0.2, -0.15) is 4.36 Å². The lowest BCUT2D eigenvalue weighted by molar-refractivity contribution is 0.101. The van der Waals surface area contributed by atoms with Gasteiger partial charge in [0.2, 0.25) is 0 Å². The molecule has 0 saturated heterocycles. The van der Waals surface area contributed by atoms with Crippen LogP contribution < -0.4 is 4.31 Å². The summed E-state index contributed by atoms with van der Waals surface area (Å²) in [7, 11) is -2.80. The van der Waals surface area contributed by atoms with Gasteiger partial charge in [-0.1, -0.05) is 37.3 Å². The summed E-state index contributed by atoms with van der Waals surface area (Å²) < 4.78 is 18.9. The van der Waals surface area contributed by atoms with Crippen molar-refractivity contribution in [2.24, 2.45) is 4.36 Å². The maximum Gasteiger partial charge on any atom is 0.273 e. The third-order valence-corrected chi connectivity index (χ3v) is 5.72. The van der Waals surface area contributed by atoms with E-state index in [-0.39, 0.29) is 5.91 Å². The third-order valence-electron chi connectivity index (χ3n) is 3.56. The van der Waals surface area contributed by atoms with Crippen molar-refractivity contribution in [3.63, 3.8) is 0 Å². The number of aryl methyl sites for hydroxylation is 1. The molecule has 0 fully saturated rings. The van der Waals surface area contributed by atoms with E-state index in [4.69, 9.17) is 0 Å². The average Bonchev–Trinajstić information content (AvgIpc) is 2.49. The number of amides is 1. The fraction of sp³-hybridized carbons (Fsp3) is 0.188. The molecule has 21 heavy (non-hydrogen) atoms. The zero-order valence-corrected chi connectivity index (χ0v) is 12.8. The SMILES string of the molecule is CCS1(=O)=Nc2ccccc2C(=O)N1c1ccccc1C. The molecule has 108 valence electrons. The second-order valence-corrected chi connectivity index (χ2v) is 7.23. The first kappa shape index (κ1) is 13.8. The summed E-state index contributed by atoms with van der Waals surface area (Å²) in [6.45, 7) is 3.69. The van der Waals surface area contributed by atoms with Crippen molar-refractivity contribution in [1.29, 1.82) is 0 Å². The minimum atomic E-state index is -2.80. The summed E-state index contributed by atoms with van der Waals surface area (Å²) in [5.74, 6) is 0.0447. The summed E-state index contributed by atoms with van der Waals surface area (Å²) in [4.78, 5) is 12.8. The number of anilines is 1. The van der Waals surface area contributed by atoms with Crippen LogP contribution in [0.4, 0.5) is 11.4 Å². The second-order valence-electron chi connectivity index (χ2n) is 4.89. The Hall–Kier alpha value is -2.14. The third kappa shape index (κ3) is 2.14. The Bertz CT molecular complexity index is 836. The van der Waals surface area contributed by atoms with Crippen LogP contribution in [0.15, 0.2) is 52.9 Å². The maximum atomic E-state index is 13.2. The van der Waals surface area contributed by atoms with Crippen LogP contribution in [0.5, 0.6) is 0 Å². The van der Waals surface area contributed by atoms with E-state index >= 15 is 0 Å². The Morgan fingerprint density at radius 2 is 1.76 bits per heavy atom. The van der Waals surface area contributed by atoms with E-state index < -0.39 is 9.92 Å². The van der Waals surface area contributed by atoms with Gasteiger partial charge in [-0.15, -0.1) is 0 Å². The Balaban J connectivity index is 2.30. The molecule has 0 aromatic heterocycles. The molecule has 1 heterocycles. The molecule has 0 radical (unpaired) electrons. The van der Waals surface area contributed by atoms with Gasteiger partial charge in [-0.3, -0.25) is 4.79 Å². The van der Waals surface area contributed by atoms with Crippen LogP contribution in [-0.2, 0) is 9.92 Å². The van der Waals surface area contributed by atoms with Crippen LogP contribution in [0.3, 0.4) is 0 Å². The fourth-order valence-corrected chi connectivity index (χ4v) is 4.22. The van der Waals surface area contributed by atoms with Gasteiger partial charge in [0, 0.05) is 5.75 Å². The predicted molar refractivity (Wildman–Crippen MR) is 85.2 cm³/mol. The Labute approximate surface area is 124 Å². The molecule has 1 amide bonds. The summed E-state index contributed by atoms with van der Waals surface area (Å²) >= 11 is 0. The van der Waals surface area contributed by atoms with Gasteiger partial charge in [-0.05, 0) is 30.7 Å². The number of fused-ring (bicyclic) bond motifs is 1. The Morgan fingerprint density at radius 3 is 2.48 bits per heavy atom. The molecular weight excluding hydrogens is 284 g/mol. The number of hydrogen-bond acceptors (Lipinski definition) is 3. The van der Waals surface area contributed by atoms with Crippen molar-refractivity contribution in [3.8, 4) is 0 Å². The van der Waals surface area contributed by atoms with Crippen LogP contribution in [0.1, 0.15) is 22.8 Å². The van der Waals surface area contributed by atoms with Crippen LogP contribution in [-0.4, -0.2) is 15.9 Å². The van der Waals surface area contributed by atoms with Gasteiger partial charge >= 0.3 is 0 Å². The van der Waals surface area contributed by atoms with Gasteiger partial charge in [-0.25, -0.2) is 8.51 Å². The molecule has 2 aromatic carbocycles. The molecule has 1 atom stereocenters. The Kier molecular flexibility index (Phi) is 3.29. The monoisotopic (exact) mass is 300 g/mol. The van der Waals surface area contributed by atoms with Crippen LogP contribution >= 0.6 is 0 Å². The van der Waals surface area contributed by atoms with Gasteiger partial charge in [0.15, 0.2) is 0 Å². The lowest BCUT2D eigenvalue weighted by Gasteiger charge is -2.30. The first-order chi connectivity index (χ1) is 10.1. The molecule has 0 saturated carbocycles. The van der Waals surface area contributed by atoms with E-state index in [1.54, 1.807) is 31.2 Å². The largest absolute Gasteiger partial charge is 0.273 e. The molecule has 1 unspecified atom stereocenters. The first-order valence-electron chi connectivity index (χ1n) is 6.81. The highest BCUT2D eigenvalue weighted by Gasteiger charge is 2.33. The van der Waals surface area contributed by atoms with Crippen LogP contribution in [0, 0.1) is 6.92 Å². The summed E-state index contributed by atoms with van der Waals surface area (Å²) in [6.07, 6.45) is 0. The Morgan fingerprint density at radius 1 is 1.10 bits per heavy atom. The van der Waals surface area contributed by atoms with Crippen LogP contribution in [0.25, 0.3) is 0 Å². The number of benzene rings is 2. The zero-order chi connectivity index (χ0) is 15.0. The number of carbonyl (C=O) groups is 1. The first-order valence-corrected chi connectivity index (χ1v) is 8.45. The molecule has 3 rings (SSSR count). The molecule has 5 heteroatoms. The fourth-order valence-electron chi connectivity index (χ4n) is 2.42. The molecule has 1 aliphatic rings. The molecular formula is C16H16N2O2S. The number of para-hydroxylation sites is 1. The number of rotatable bonds is 2. The zero-order valence-electron chi connectivity index (χ0n) is 11.9. The van der Waals surface area contributed by atoms with E-state index in [1.807, 2.05) is 31.2 Å². The lowest BCUT2D eigenvalue weighted by Crippen LogP contribution is -2.40. The van der Waals surface area contributed by atoms with Crippen LogP contribution in [0.2, 0.25) is 0 Å². The van der Waals surface area contributed by atoms with E-state index in [0.29, 0.717) is 22.7 Å². The summed E-state index contributed by atoms with van der Waals surface area (Å²) in [6, 6.07) is 14.5. The molecule has 0 N–H and O–H groups in total. The number of carbonyl (C=O) groups excluding carboxylic acids is 1. The highest BCUT2D eigenvalue weighted by atomic mass is 32.2. The molecule has 0 spiro atoms. The van der Waals surface area contributed by atoms with Crippen molar-refractivity contribution >= 4 is 27.2 Å². The van der Waals surface area contributed by atoms with Gasteiger partial charge in [0.1, 0.15) is 9.92 Å². The van der Waals surface area contributed by atoms with Gasteiger partial charge in [0.25, 0.3) is 5.91 Å². The topological polar surface area (TPSA) is 49.7 Å². The van der Waals surface area contributed by atoms with Crippen molar-refractivity contribution in [2.75, 3.05) is 10.1 Å². The minimum Gasteiger partial charge on any atom is -0.268 e. The van der Waals surface area contributed by atoms with Crippen molar-refractivity contribution in [1.82, 2.24) is 0 Å². The highest BCUT2D eigenvalue weighted by Crippen LogP contribution is 2.34. The molecule has 0 aliphatic carbocycles. The smallest absolute Gasteiger partial charge is 0.268 e. The normalized spacial score (nSPS) is 20.9. The predicted octanol–water partition coefficient (Wildman–Crippen LogP) is 3.69. The van der Waals surface area contributed by atoms with Crippen molar-refractivity contribution in [2.45, 2.75) is 13.8 Å². The highest BCUT2D eigenvalue weighted by molar-refractivity contribution is 7.96. The molecule has 0 bridgehead atoms. The summed E-state index contributed by atoms with van der Waals surface area (Å²) in [5, 5.41) is 0. The van der Waals surface area contributed by atoms with Gasteiger partial charge in [0.05, 0.1) is 16.9 Å². The van der Waals surface area contributed by atoms with Crippen molar-refractivity contribution < 1.29 is 9.00 Å². The second kappa shape index (κ2) is 5.00. The van der Waals surface area contributed by atoms with Crippen molar-refractivity contribution in [3.05, 3.63) is 59.7 Å². The summed E-state index contributed by atoms with van der Waals surface area (Å²) in [5.41, 5.74) is 2.57. The average molecular weight is 300 g/mol. The molecule has 2 aromatic rings. The molecule has 4 nitrogen and oxygen atoms in total. The number of nitrogens with zero attached hydrogens (tertiary/aromatic N) is 2. The number of hydrogen-bond donors (Lipinski definition) is 0. The van der Waals surface area contributed by atoms with E-state index in [9.17, 15) is 9.00 Å². The van der Waals surface area contributed by atoms with E-state index in [2.05, 4.69) is 4.36 Å². The minimum absolute atomic E-state index is 0.248.